The lowest BCUT2D eigenvalue weighted by Crippen LogP contribution is -2.44. The lowest BCUT2D eigenvalue weighted by molar-refractivity contribution is 0.171. The van der Waals surface area contributed by atoms with Gasteiger partial charge in [0.05, 0.1) is 6.54 Å². The van der Waals surface area contributed by atoms with Crippen molar-refractivity contribution in [1.82, 2.24) is 15.6 Å². The van der Waals surface area contributed by atoms with E-state index in [1.54, 1.807) is 11.3 Å². The number of ether oxygens (including phenoxy) is 2. The van der Waals surface area contributed by atoms with E-state index in [2.05, 4.69) is 45.7 Å². The van der Waals surface area contributed by atoms with Crippen molar-refractivity contribution in [3.8, 4) is 11.5 Å². The molecule has 2 heterocycles. The third kappa shape index (κ3) is 4.09. The summed E-state index contributed by atoms with van der Waals surface area (Å²) >= 11 is 1.71. The van der Waals surface area contributed by atoms with Gasteiger partial charge in [0.15, 0.2) is 17.5 Å². The Bertz CT molecular complexity index is 843. The Morgan fingerprint density at radius 2 is 1.96 bits per heavy atom. The van der Waals surface area contributed by atoms with Crippen LogP contribution in [-0.2, 0) is 12.0 Å². The Labute approximate surface area is 170 Å². The van der Waals surface area contributed by atoms with Crippen LogP contribution >= 0.6 is 11.3 Å². The zero-order chi connectivity index (χ0) is 19.4. The van der Waals surface area contributed by atoms with E-state index in [0.29, 0.717) is 19.8 Å². The van der Waals surface area contributed by atoms with Crippen molar-refractivity contribution < 1.29 is 9.47 Å². The number of aromatic nitrogens is 1. The van der Waals surface area contributed by atoms with Gasteiger partial charge in [0, 0.05) is 30.1 Å². The smallest absolute Gasteiger partial charge is 0.191 e. The fourth-order valence-electron chi connectivity index (χ4n) is 4.11. The zero-order valence-corrected chi connectivity index (χ0v) is 17.4. The molecule has 28 heavy (non-hydrogen) atoms. The Hall–Kier alpha value is -2.28. The van der Waals surface area contributed by atoms with Crippen molar-refractivity contribution >= 4 is 17.3 Å². The monoisotopic (exact) mass is 400 g/mol. The van der Waals surface area contributed by atoms with Crippen LogP contribution in [0.15, 0.2) is 29.4 Å². The van der Waals surface area contributed by atoms with E-state index >= 15 is 0 Å². The van der Waals surface area contributed by atoms with Gasteiger partial charge in [-0.1, -0.05) is 18.9 Å². The first-order valence-corrected chi connectivity index (χ1v) is 10.8. The lowest BCUT2D eigenvalue weighted by atomic mass is 9.78. The molecule has 1 aromatic carbocycles. The molecule has 150 valence electrons. The van der Waals surface area contributed by atoms with E-state index in [9.17, 15) is 0 Å². The number of nitrogens with zero attached hydrogens (tertiary/aromatic N) is 2. The van der Waals surface area contributed by atoms with Crippen LogP contribution in [-0.4, -0.2) is 37.7 Å². The van der Waals surface area contributed by atoms with Crippen LogP contribution in [0, 0.1) is 6.92 Å². The van der Waals surface area contributed by atoms with E-state index in [4.69, 9.17) is 9.47 Å². The van der Waals surface area contributed by atoms with Crippen LogP contribution in [0.3, 0.4) is 0 Å². The number of benzene rings is 1. The highest BCUT2D eigenvalue weighted by molar-refractivity contribution is 7.11. The van der Waals surface area contributed by atoms with Crippen LogP contribution < -0.4 is 20.1 Å². The molecule has 1 aliphatic carbocycles. The molecule has 2 aromatic rings. The van der Waals surface area contributed by atoms with Crippen LogP contribution in [0.1, 0.15) is 41.1 Å². The average molecular weight is 401 g/mol. The zero-order valence-electron chi connectivity index (χ0n) is 16.6. The first kappa shape index (κ1) is 19.1. The molecule has 0 spiro atoms. The molecule has 0 saturated heterocycles. The number of nitrogens with one attached hydrogen (secondary N) is 2. The molecular weight excluding hydrogens is 372 g/mol. The summed E-state index contributed by atoms with van der Waals surface area (Å²) in [6.45, 7) is 4.86. The minimum absolute atomic E-state index is 0.102. The molecule has 1 aromatic heterocycles. The number of guanidine groups is 1. The summed E-state index contributed by atoms with van der Waals surface area (Å²) < 4.78 is 11.5. The van der Waals surface area contributed by atoms with Crippen molar-refractivity contribution in [2.24, 2.45) is 4.99 Å². The molecular formula is C21H28N4O2S. The van der Waals surface area contributed by atoms with Gasteiger partial charge in [-0.2, -0.15) is 0 Å². The summed E-state index contributed by atoms with van der Waals surface area (Å²) in [6, 6.07) is 6.44. The van der Waals surface area contributed by atoms with Crippen molar-refractivity contribution in [2.75, 3.05) is 26.8 Å². The van der Waals surface area contributed by atoms with Gasteiger partial charge in [-0.3, -0.25) is 4.99 Å². The molecule has 0 radical (unpaired) electrons. The summed E-state index contributed by atoms with van der Waals surface area (Å²) in [5, 5.41) is 8.01. The second-order valence-corrected chi connectivity index (χ2v) is 8.81. The quantitative estimate of drug-likeness (QED) is 0.595. The SMILES string of the molecule is CN=C(NCc1ncc(C)s1)NCC1(c2ccc3c(c2)OCCO3)CCCC1. The molecule has 7 heteroatoms. The van der Waals surface area contributed by atoms with E-state index in [-0.39, 0.29) is 5.41 Å². The van der Waals surface area contributed by atoms with Gasteiger partial charge >= 0.3 is 0 Å². The maximum absolute atomic E-state index is 5.82. The molecule has 0 bridgehead atoms. The molecule has 0 atom stereocenters. The normalized spacial score (nSPS) is 18.1. The molecule has 1 fully saturated rings. The summed E-state index contributed by atoms with van der Waals surface area (Å²) in [5.74, 6) is 2.54. The predicted octanol–water partition coefficient (Wildman–Crippen LogP) is 3.40. The summed E-state index contributed by atoms with van der Waals surface area (Å²) in [4.78, 5) is 10.0. The maximum atomic E-state index is 5.82. The van der Waals surface area contributed by atoms with Gasteiger partial charge in [0.2, 0.25) is 0 Å². The minimum Gasteiger partial charge on any atom is -0.486 e. The summed E-state index contributed by atoms with van der Waals surface area (Å²) in [6.07, 6.45) is 6.75. The van der Waals surface area contributed by atoms with Gasteiger partial charge in [0.25, 0.3) is 0 Å². The fourth-order valence-corrected chi connectivity index (χ4v) is 4.84. The number of hydrogen-bond donors (Lipinski definition) is 2. The number of thiazole rings is 1. The Kier molecular flexibility index (Phi) is 5.71. The van der Waals surface area contributed by atoms with E-state index < -0.39 is 0 Å². The van der Waals surface area contributed by atoms with Gasteiger partial charge in [-0.25, -0.2) is 4.98 Å². The van der Waals surface area contributed by atoms with E-state index in [1.165, 1.54) is 36.1 Å². The van der Waals surface area contributed by atoms with Crippen molar-refractivity contribution in [3.63, 3.8) is 0 Å². The average Bonchev–Trinajstić information content (AvgIpc) is 3.37. The second kappa shape index (κ2) is 8.39. The Balaban J connectivity index is 1.44. The van der Waals surface area contributed by atoms with Crippen molar-refractivity contribution in [1.29, 1.82) is 0 Å². The third-order valence-corrected chi connectivity index (χ3v) is 6.52. The first-order chi connectivity index (χ1) is 13.7. The highest BCUT2D eigenvalue weighted by Crippen LogP contribution is 2.43. The molecule has 4 rings (SSSR count). The number of rotatable bonds is 5. The molecule has 2 aliphatic rings. The number of fused-ring (bicyclic) bond motifs is 1. The van der Waals surface area contributed by atoms with Gasteiger partial charge < -0.3 is 20.1 Å². The highest BCUT2D eigenvalue weighted by atomic mass is 32.1. The predicted molar refractivity (Wildman–Crippen MR) is 113 cm³/mol. The highest BCUT2D eigenvalue weighted by Gasteiger charge is 2.36. The first-order valence-electron chi connectivity index (χ1n) is 9.94. The van der Waals surface area contributed by atoms with Crippen LogP contribution in [0.5, 0.6) is 11.5 Å². The second-order valence-electron chi connectivity index (χ2n) is 7.49. The summed E-state index contributed by atoms with van der Waals surface area (Å²) in [7, 11) is 1.81. The van der Waals surface area contributed by atoms with Gasteiger partial charge in [-0.15, -0.1) is 11.3 Å². The van der Waals surface area contributed by atoms with Crippen molar-refractivity contribution in [3.05, 3.63) is 39.8 Å². The largest absolute Gasteiger partial charge is 0.486 e. The lowest BCUT2D eigenvalue weighted by Gasteiger charge is -2.32. The maximum Gasteiger partial charge on any atom is 0.191 e. The van der Waals surface area contributed by atoms with Crippen molar-refractivity contribution in [2.45, 2.75) is 44.6 Å². The molecule has 0 amide bonds. The molecule has 2 N–H and O–H groups in total. The van der Waals surface area contributed by atoms with Gasteiger partial charge in [0.1, 0.15) is 18.2 Å². The van der Waals surface area contributed by atoms with E-state index in [1.807, 2.05) is 13.2 Å². The minimum atomic E-state index is 0.102. The molecule has 0 unspecified atom stereocenters. The van der Waals surface area contributed by atoms with Crippen LogP contribution in [0.2, 0.25) is 0 Å². The van der Waals surface area contributed by atoms with Crippen LogP contribution in [0.4, 0.5) is 0 Å². The van der Waals surface area contributed by atoms with Crippen LogP contribution in [0.25, 0.3) is 0 Å². The number of aliphatic imine (C=N–C) groups is 1. The topological polar surface area (TPSA) is 67.8 Å². The Morgan fingerprint density at radius 1 is 1.18 bits per heavy atom. The summed E-state index contributed by atoms with van der Waals surface area (Å²) in [5.41, 5.74) is 1.43. The number of aryl methyl sites for hydroxylation is 1. The third-order valence-electron chi connectivity index (χ3n) is 5.61. The molecule has 1 saturated carbocycles. The molecule has 6 nitrogen and oxygen atoms in total. The standard InChI is InChI=1S/C21H28N4O2S/c1-15-12-23-19(28-15)13-24-20(22-2)25-14-21(7-3-4-8-21)16-5-6-17-18(11-16)27-10-9-26-17/h5-6,11-12H,3-4,7-10,13-14H2,1-2H3,(H2,22,24,25). The Morgan fingerprint density at radius 3 is 2.68 bits per heavy atom. The number of hydrogen-bond acceptors (Lipinski definition) is 5. The van der Waals surface area contributed by atoms with Gasteiger partial charge in [-0.05, 0) is 37.5 Å². The molecule has 1 aliphatic heterocycles. The fraction of sp³-hybridized carbons (Fsp3) is 0.524. The van der Waals surface area contributed by atoms with E-state index in [0.717, 1.165) is 29.0 Å².